The Labute approximate surface area is 120 Å². The summed E-state index contributed by atoms with van der Waals surface area (Å²) in [6, 6.07) is 19.2. The molecule has 1 aliphatic carbocycles. The van der Waals surface area contributed by atoms with E-state index < -0.39 is 0 Å². The fraction of sp³-hybridized carbons (Fsp3) is 0.333. The molecule has 1 aliphatic rings. The Hall–Kier alpha value is -1.27. The zero-order chi connectivity index (χ0) is 13.2. The van der Waals surface area contributed by atoms with Crippen LogP contribution in [-0.4, -0.2) is 0 Å². The van der Waals surface area contributed by atoms with Crippen LogP contribution in [0.3, 0.4) is 0 Å². The van der Waals surface area contributed by atoms with Crippen LogP contribution < -0.4 is 0 Å². The molecule has 0 spiro atoms. The van der Waals surface area contributed by atoms with E-state index in [4.69, 9.17) is 11.6 Å². The number of rotatable bonds is 4. The maximum Gasteiger partial charge on any atom is 0.0613 e. The second kappa shape index (κ2) is 5.38. The van der Waals surface area contributed by atoms with E-state index in [9.17, 15) is 0 Å². The number of halogens is 1. The third kappa shape index (κ3) is 2.84. The standard InChI is InChI=1S/C18H19Cl/c1-13(14-7-8-14)18(19)17-11-9-16(10-12-17)15-5-3-2-4-6-15/h2-6,9-14,18H,7-8H2,1H3. The van der Waals surface area contributed by atoms with Gasteiger partial charge in [0, 0.05) is 0 Å². The summed E-state index contributed by atoms with van der Waals surface area (Å²) in [4.78, 5) is 0. The van der Waals surface area contributed by atoms with Gasteiger partial charge in [0.15, 0.2) is 0 Å². The Bertz CT molecular complexity index is 525. The van der Waals surface area contributed by atoms with E-state index in [0.29, 0.717) is 5.92 Å². The van der Waals surface area contributed by atoms with E-state index in [0.717, 1.165) is 5.92 Å². The van der Waals surface area contributed by atoms with Gasteiger partial charge >= 0.3 is 0 Å². The van der Waals surface area contributed by atoms with Crippen molar-refractivity contribution in [3.05, 3.63) is 60.2 Å². The van der Waals surface area contributed by atoms with Crippen molar-refractivity contribution in [3.8, 4) is 11.1 Å². The van der Waals surface area contributed by atoms with Crippen molar-refractivity contribution in [1.82, 2.24) is 0 Å². The van der Waals surface area contributed by atoms with Crippen LogP contribution in [0.25, 0.3) is 11.1 Å². The predicted molar refractivity (Wildman–Crippen MR) is 82.4 cm³/mol. The molecule has 0 radical (unpaired) electrons. The Kier molecular flexibility index (Phi) is 3.61. The molecule has 0 aliphatic heterocycles. The summed E-state index contributed by atoms with van der Waals surface area (Å²) in [6.45, 7) is 2.28. The SMILES string of the molecule is CC(C1CC1)C(Cl)c1ccc(-c2ccccc2)cc1. The minimum atomic E-state index is 0.150. The van der Waals surface area contributed by atoms with Gasteiger partial charge in [-0.25, -0.2) is 0 Å². The average Bonchev–Trinajstić information content (AvgIpc) is 3.31. The Morgan fingerprint density at radius 2 is 1.47 bits per heavy atom. The molecule has 0 nitrogen and oxygen atoms in total. The first-order valence-corrected chi connectivity index (χ1v) is 7.49. The van der Waals surface area contributed by atoms with Crippen molar-refractivity contribution in [3.63, 3.8) is 0 Å². The molecule has 19 heavy (non-hydrogen) atoms. The summed E-state index contributed by atoms with van der Waals surface area (Å²) in [5, 5.41) is 0.150. The summed E-state index contributed by atoms with van der Waals surface area (Å²) < 4.78 is 0. The summed E-state index contributed by atoms with van der Waals surface area (Å²) >= 11 is 6.59. The van der Waals surface area contributed by atoms with E-state index in [1.807, 2.05) is 6.07 Å². The second-order valence-corrected chi connectivity index (χ2v) is 6.06. The molecule has 0 saturated heterocycles. The highest BCUT2D eigenvalue weighted by Crippen LogP contribution is 2.45. The van der Waals surface area contributed by atoms with Crippen LogP contribution in [0.1, 0.15) is 30.7 Å². The zero-order valence-corrected chi connectivity index (χ0v) is 12.0. The molecule has 3 rings (SSSR count). The highest BCUT2D eigenvalue weighted by Gasteiger charge is 2.32. The van der Waals surface area contributed by atoms with Gasteiger partial charge in [0.2, 0.25) is 0 Å². The van der Waals surface area contributed by atoms with Gasteiger partial charge in [0.05, 0.1) is 5.38 Å². The van der Waals surface area contributed by atoms with Gasteiger partial charge in [0.25, 0.3) is 0 Å². The highest BCUT2D eigenvalue weighted by molar-refractivity contribution is 6.21. The molecule has 0 bridgehead atoms. The van der Waals surface area contributed by atoms with E-state index in [2.05, 4.69) is 55.5 Å². The topological polar surface area (TPSA) is 0 Å². The van der Waals surface area contributed by atoms with Crippen LogP contribution in [0.2, 0.25) is 0 Å². The molecule has 0 aromatic heterocycles. The van der Waals surface area contributed by atoms with Gasteiger partial charge in [-0.2, -0.15) is 0 Å². The molecule has 2 unspecified atom stereocenters. The van der Waals surface area contributed by atoms with Gasteiger partial charge < -0.3 is 0 Å². The molecule has 0 N–H and O–H groups in total. The molecular formula is C18H19Cl. The largest absolute Gasteiger partial charge is 0.118 e. The van der Waals surface area contributed by atoms with E-state index in [-0.39, 0.29) is 5.38 Å². The fourth-order valence-corrected chi connectivity index (χ4v) is 3.01. The highest BCUT2D eigenvalue weighted by atomic mass is 35.5. The predicted octanol–water partition coefficient (Wildman–Crippen LogP) is 5.68. The van der Waals surface area contributed by atoms with Gasteiger partial charge in [-0.3, -0.25) is 0 Å². The molecule has 0 amide bonds. The molecule has 0 heterocycles. The van der Waals surface area contributed by atoms with Gasteiger partial charge in [-0.15, -0.1) is 11.6 Å². The first-order valence-electron chi connectivity index (χ1n) is 7.05. The van der Waals surface area contributed by atoms with Crippen LogP contribution in [0, 0.1) is 11.8 Å². The Morgan fingerprint density at radius 1 is 0.895 bits per heavy atom. The molecule has 2 aromatic rings. The lowest BCUT2D eigenvalue weighted by Crippen LogP contribution is -2.05. The monoisotopic (exact) mass is 270 g/mol. The van der Waals surface area contributed by atoms with Crippen LogP contribution >= 0.6 is 11.6 Å². The van der Waals surface area contributed by atoms with Gasteiger partial charge in [-0.1, -0.05) is 61.5 Å². The summed E-state index contributed by atoms with van der Waals surface area (Å²) in [6.07, 6.45) is 2.71. The lowest BCUT2D eigenvalue weighted by molar-refractivity contribution is 0.491. The maximum absolute atomic E-state index is 6.59. The maximum atomic E-state index is 6.59. The van der Waals surface area contributed by atoms with Crippen LogP contribution in [0.5, 0.6) is 0 Å². The smallest absolute Gasteiger partial charge is 0.0613 e. The molecule has 1 saturated carbocycles. The summed E-state index contributed by atoms with van der Waals surface area (Å²) in [5.41, 5.74) is 3.77. The quantitative estimate of drug-likeness (QED) is 0.627. The number of hydrogen-bond acceptors (Lipinski definition) is 0. The van der Waals surface area contributed by atoms with Crippen molar-refractivity contribution >= 4 is 11.6 Å². The van der Waals surface area contributed by atoms with Gasteiger partial charge in [-0.05, 0) is 41.4 Å². The summed E-state index contributed by atoms with van der Waals surface area (Å²) in [7, 11) is 0. The molecule has 2 atom stereocenters. The van der Waals surface area contributed by atoms with Crippen molar-refractivity contribution in [2.24, 2.45) is 11.8 Å². The zero-order valence-electron chi connectivity index (χ0n) is 11.2. The average molecular weight is 271 g/mol. The lowest BCUT2D eigenvalue weighted by Gasteiger charge is -2.18. The van der Waals surface area contributed by atoms with E-state index >= 15 is 0 Å². The minimum absolute atomic E-state index is 0.150. The molecule has 1 fully saturated rings. The molecular weight excluding hydrogens is 252 g/mol. The van der Waals surface area contributed by atoms with Gasteiger partial charge in [0.1, 0.15) is 0 Å². The van der Waals surface area contributed by atoms with Crippen LogP contribution in [0.15, 0.2) is 54.6 Å². The lowest BCUT2D eigenvalue weighted by atomic mass is 9.94. The number of alkyl halides is 1. The van der Waals surface area contributed by atoms with Crippen molar-refractivity contribution < 1.29 is 0 Å². The minimum Gasteiger partial charge on any atom is -0.118 e. The number of hydrogen-bond donors (Lipinski definition) is 0. The second-order valence-electron chi connectivity index (χ2n) is 5.59. The summed E-state index contributed by atoms with van der Waals surface area (Å²) in [5.74, 6) is 1.43. The number of benzene rings is 2. The first kappa shape index (κ1) is 12.7. The van der Waals surface area contributed by atoms with E-state index in [1.165, 1.54) is 29.5 Å². The Balaban J connectivity index is 1.78. The third-order valence-electron chi connectivity index (χ3n) is 4.16. The van der Waals surface area contributed by atoms with Crippen LogP contribution in [-0.2, 0) is 0 Å². The van der Waals surface area contributed by atoms with Crippen LogP contribution in [0.4, 0.5) is 0 Å². The Morgan fingerprint density at radius 3 is 2.05 bits per heavy atom. The molecule has 2 aromatic carbocycles. The molecule has 1 heteroatoms. The fourth-order valence-electron chi connectivity index (χ4n) is 2.65. The van der Waals surface area contributed by atoms with Crippen molar-refractivity contribution in [1.29, 1.82) is 0 Å². The van der Waals surface area contributed by atoms with E-state index in [1.54, 1.807) is 0 Å². The first-order chi connectivity index (χ1) is 9.25. The normalized spacial score (nSPS) is 18.0. The third-order valence-corrected chi connectivity index (χ3v) is 4.81. The van der Waals surface area contributed by atoms with Crippen molar-refractivity contribution in [2.75, 3.05) is 0 Å². The molecule has 98 valence electrons. The van der Waals surface area contributed by atoms with Crippen molar-refractivity contribution in [2.45, 2.75) is 25.1 Å².